The Morgan fingerprint density at radius 3 is 2.13 bits per heavy atom. The monoisotopic (exact) mass is 1360 g/mol. The van der Waals surface area contributed by atoms with Crippen LogP contribution in [0.25, 0.3) is 10.8 Å². The number of carbonyl (C=O) groups is 3. The second kappa shape index (κ2) is 29.6. The van der Waals surface area contributed by atoms with Crippen LogP contribution in [0, 0.1) is 40.7 Å². The lowest BCUT2D eigenvalue weighted by molar-refractivity contribution is -0.389. The molecule has 6 aliphatic rings. The number of hydrogen-bond acceptors (Lipinski definition) is 23. The van der Waals surface area contributed by atoms with Crippen LogP contribution in [0.5, 0.6) is 46.3 Å². The number of nitrogens with zero attached hydrogens (tertiary/aromatic N) is 7. The summed E-state index contributed by atoms with van der Waals surface area (Å²) in [5, 5.41) is 77.7. The van der Waals surface area contributed by atoms with Crippen molar-refractivity contribution >= 4 is 51.8 Å². The van der Waals surface area contributed by atoms with Gasteiger partial charge in [-0.3, -0.25) is 24.0 Å². The quantitative estimate of drug-likeness (QED) is 0.0169. The lowest BCUT2D eigenvalue weighted by Gasteiger charge is -2.38. The molecule has 6 N–H and O–H groups in total. The number of halogens is 3. The van der Waals surface area contributed by atoms with Crippen LogP contribution in [0.3, 0.4) is 0 Å². The minimum Gasteiger partial charge on any atom is -0.507 e. The maximum absolute atomic E-state index is 14.4. The van der Waals surface area contributed by atoms with Gasteiger partial charge in [-0.1, -0.05) is 45.9 Å². The lowest BCUT2D eigenvalue weighted by atomic mass is 9.78. The number of aromatic nitrogens is 2. The summed E-state index contributed by atoms with van der Waals surface area (Å²) in [5.41, 5.74) is 0.00104. The van der Waals surface area contributed by atoms with Crippen molar-refractivity contribution in [3.63, 3.8) is 0 Å². The van der Waals surface area contributed by atoms with E-state index < -0.39 is 106 Å². The van der Waals surface area contributed by atoms with Gasteiger partial charge >= 0.3 is 29.9 Å². The Morgan fingerprint density at radius 1 is 0.866 bits per heavy atom. The van der Waals surface area contributed by atoms with Gasteiger partial charge < -0.3 is 88.7 Å². The van der Waals surface area contributed by atoms with Gasteiger partial charge in [-0.2, -0.15) is 5.10 Å². The van der Waals surface area contributed by atoms with Gasteiger partial charge in [0.15, 0.2) is 11.4 Å². The summed E-state index contributed by atoms with van der Waals surface area (Å²) in [6.07, 6.45) is 2.99. The highest BCUT2D eigenvalue weighted by Crippen LogP contribution is 2.55. The van der Waals surface area contributed by atoms with Gasteiger partial charge in [-0.15, -0.1) is 13.2 Å². The first-order valence-electron chi connectivity index (χ1n) is 31.7. The number of carbonyl (C=O) groups excluding carboxylic acids is 3. The lowest BCUT2D eigenvalue weighted by Crippen LogP contribution is -2.46. The number of phenolic OH excluding ortho intramolecular Hbond substituents is 3. The highest BCUT2D eigenvalue weighted by atomic mass is 19.4. The number of anilines is 2. The predicted octanol–water partition coefficient (Wildman–Crippen LogP) is 9.30. The summed E-state index contributed by atoms with van der Waals surface area (Å²) in [6, 6.07) is 13.3. The number of rotatable bonds is 12. The number of likely N-dealkylation sites (N-methyl/N-ethyl adjacent to an activating group) is 1. The molecule has 7 heterocycles. The molecule has 2 fully saturated rings. The second-order valence-corrected chi connectivity index (χ2v) is 25.5. The Hall–Kier alpha value is -9.32. The molecule has 29 heteroatoms. The molecule has 26 nitrogen and oxygen atoms in total. The summed E-state index contributed by atoms with van der Waals surface area (Å²) in [5.74, 6) is -7.70. The smallest absolute Gasteiger partial charge is 0.507 e. The fourth-order valence-electron chi connectivity index (χ4n) is 12.4. The van der Waals surface area contributed by atoms with Crippen LogP contribution in [-0.2, 0) is 30.3 Å². The normalized spacial score (nSPS) is 27.2. The maximum atomic E-state index is 14.4. The molecule has 0 unspecified atom stereocenters. The first-order chi connectivity index (χ1) is 45.8. The molecule has 0 radical (unpaired) electrons. The average molecular weight is 1360 g/mol. The molecule has 97 heavy (non-hydrogen) atoms. The van der Waals surface area contributed by atoms with E-state index in [1.165, 1.54) is 89.9 Å². The molecule has 0 saturated carbocycles. The summed E-state index contributed by atoms with van der Waals surface area (Å²) >= 11 is 0. The molecule has 5 aromatic rings. The number of fused-ring (bicyclic) bond motifs is 15. The number of allylic oxidation sites excluding steroid dienone is 2. The summed E-state index contributed by atoms with van der Waals surface area (Å²) in [7, 11) is 3.42. The molecule has 10 atom stereocenters. The summed E-state index contributed by atoms with van der Waals surface area (Å²) < 4.78 is 83.7. The number of aromatic hydroxyl groups is 3. The van der Waals surface area contributed by atoms with Gasteiger partial charge in [-0.25, -0.2) is 0 Å². The van der Waals surface area contributed by atoms with E-state index >= 15 is 0 Å². The zero-order valence-corrected chi connectivity index (χ0v) is 55.7. The molecule has 0 aliphatic carbocycles. The highest BCUT2D eigenvalue weighted by molar-refractivity contribution is 6.24. The number of amides is 1. The van der Waals surface area contributed by atoms with Crippen LogP contribution in [0.2, 0.25) is 0 Å². The van der Waals surface area contributed by atoms with Gasteiger partial charge in [0.25, 0.3) is 11.7 Å². The van der Waals surface area contributed by atoms with Crippen molar-refractivity contribution in [1.82, 2.24) is 19.5 Å². The first-order valence-corrected chi connectivity index (χ1v) is 31.7. The zero-order valence-electron chi connectivity index (χ0n) is 55.7. The Bertz CT molecular complexity index is 3800. The van der Waals surface area contributed by atoms with Crippen LogP contribution >= 0.6 is 0 Å². The number of alkyl halides is 3. The van der Waals surface area contributed by atoms with E-state index in [-0.39, 0.29) is 74.8 Å². The third-order valence-electron chi connectivity index (χ3n) is 18.2. The zero-order chi connectivity index (χ0) is 70.6. The number of benzene rings is 4. The molecule has 524 valence electrons. The van der Waals surface area contributed by atoms with E-state index in [0.717, 1.165) is 44.7 Å². The number of nitro groups is 1. The number of phenols is 3. The number of piperazine rings is 1. The van der Waals surface area contributed by atoms with Crippen LogP contribution in [0.1, 0.15) is 89.7 Å². The Labute approximate surface area is 558 Å². The predicted molar refractivity (Wildman–Crippen MR) is 349 cm³/mol. The van der Waals surface area contributed by atoms with E-state index in [2.05, 4.69) is 29.9 Å². The minimum absolute atomic E-state index is 0.0356. The Morgan fingerprint density at radius 2 is 1.52 bits per heavy atom. The number of methoxy groups -OCH3 is 1. The third kappa shape index (κ3) is 16.4. The van der Waals surface area contributed by atoms with E-state index in [4.69, 9.17) is 33.2 Å². The van der Waals surface area contributed by atoms with Gasteiger partial charge in [0.2, 0.25) is 0 Å². The van der Waals surface area contributed by atoms with E-state index in [0.29, 0.717) is 31.1 Å². The number of nitrogens with one attached hydrogen (secondary N) is 1. The molecular weight excluding hydrogens is 1270 g/mol. The van der Waals surface area contributed by atoms with E-state index in [9.17, 15) is 63.2 Å². The number of hydrogen-bond donors (Lipinski definition) is 6. The SMILES string of the molecule is CO[C@H]1/C=C/O[C@@]2(C)Oc3c(C)c(O)c4c(O)c(c(/C=N\N5CCN(C)CC5)c(O)c4c3C2=O)NC(=O)/C(C)=C\C=C\[C@@H](C)[C@H](O)[C@@H](C)[C@H](O)[C@@H](C)[C@H](OC(C)=O)[C@@H]1C.C[C@]1(COc2ccc(N3CCC(Oc4ccc(OC(F)(F)F)cc4)CC3)cc2)Cn2cc([N+](=O)[O-])nc2O1. The van der Waals surface area contributed by atoms with Gasteiger partial charge in [-0.05, 0) is 87.3 Å². The third-order valence-corrected chi connectivity index (χ3v) is 18.2. The molecular formula is C68H83F3N8O18. The molecule has 2 saturated heterocycles. The number of esters is 1. The summed E-state index contributed by atoms with van der Waals surface area (Å²) in [4.78, 5) is 59.0. The van der Waals surface area contributed by atoms with Gasteiger partial charge in [0.05, 0.1) is 59.5 Å². The first kappa shape index (κ1) is 72.0. The van der Waals surface area contributed by atoms with Crippen molar-refractivity contribution in [1.29, 1.82) is 0 Å². The molecule has 1 amide bonds. The molecule has 6 aliphatic heterocycles. The number of imidazole rings is 1. The van der Waals surface area contributed by atoms with E-state index in [1.54, 1.807) is 49.4 Å². The van der Waals surface area contributed by atoms with Gasteiger partial charge in [0.1, 0.15) is 59.5 Å². The summed E-state index contributed by atoms with van der Waals surface area (Å²) in [6.45, 7) is 19.1. The maximum Gasteiger partial charge on any atom is 0.573 e. The fourth-order valence-corrected chi connectivity index (χ4v) is 12.4. The number of ether oxygens (including phenoxy) is 8. The van der Waals surface area contributed by atoms with Crippen molar-refractivity contribution in [2.75, 3.05) is 70.2 Å². The number of ketones is 1. The molecule has 11 rings (SSSR count). The van der Waals surface area contributed by atoms with Crippen LogP contribution in [0.4, 0.5) is 30.4 Å². The Balaban J connectivity index is 0.000000249. The average Bonchev–Trinajstić information content (AvgIpc) is 1.64. The minimum atomic E-state index is -4.72. The Kier molecular flexibility index (Phi) is 21.9. The molecule has 0 spiro atoms. The number of aliphatic hydroxyl groups excluding tert-OH is 2. The largest absolute Gasteiger partial charge is 0.573 e. The topological polar surface area (TPSA) is 321 Å². The second-order valence-electron chi connectivity index (χ2n) is 25.5. The van der Waals surface area contributed by atoms with Crippen molar-refractivity contribution in [3.05, 3.63) is 118 Å². The number of hydrazone groups is 1. The fraction of sp³-hybridized carbons (Fsp3) is 0.485. The van der Waals surface area contributed by atoms with Crippen molar-refractivity contribution in [2.45, 2.75) is 130 Å². The van der Waals surface area contributed by atoms with Crippen LogP contribution in [0.15, 0.2) is 96.0 Å². The number of Topliss-reactive ketones (excluding diaryl/α,β-unsaturated/α-hetero) is 1. The standard InChI is InChI=1S/C43H58N4O12.C25H25F3N4O6/c1-21-12-11-13-22(2)42(55)45-33-28(20-44-47-17-15-46(9)16-18-47)37(52)30-31(38(33)53)36(51)26(6)40-32(30)41(54)43(8,59-40)57-19-14-29(56-10)23(3)39(58-27(7)48)25(5)35(50)24(4)34(21)49;1-24(15-31-14-22(32(33)34)29-23(31)38-24)16-35-18-4-2-17(3-5-18)30-12-10-20(11-13-30)36-19-6-8-21(9-7-19)37-25(26,27)28/h11-14,19-21,23-25,29,34-35,39,49-53H,15-18H2,1-10H3,(H,45,55);2-9,14,20H,10-13,15-16H2,1H3/b12-11+,19-14+,22-13-,44-20-;/t21-,23-,24-,25-,29+,34+,35+,39-,43+;24-/m11/s1. The molecule has 1 aromatic heterocycles. The molecule has 5 bridgehead atoms. The van der Waals surface area contributed by atoms with Crippen LogP contribution in [-0.4, -0.2) is 182 Å². The highest BCUT2D eigenvalue weighted by Gasteiger charge is 2.50. The molecule has 4 aromatic carbocycles. The van der Waals surface area contributed by atoms with Crippen LogP contribution < -0.4 is 33.9 Å². The van der Waals surface area contributed by atoms with Crippen molar-refractivity contribution in [3.8, 4) is 46.3 Å². The van der Waals surface area contributed by atoms with Crippen molar-refractivity contribution in [2.24, 2.45) is 28.8 Å². The van der Waals surface area contributed by atoms with Crippen molar-refractivity contribution < 1.29 is 95.9 Å². The number of aliphatic hydroxyl groups is 2. The number of piperidine rings is 1. The van der Waals surface area contributed by atoms with Gasteiger partial charge in [0, 0.05) is 124 Å². The van der Waals surface area contributed by atoms with E-state index in [1.807, 2.05) is 38.2 Å².